The van der Waals surface area contributed by atoms with Gasteiger partial charge in [0.15, 0.2) is 0 Å². The van der Waals surface area contributed by atoms with E-state index in [0.29, 0.717) is 0 Å². The van der Waals surface area contributed by atoms with E-state index in [4.69, 9.17) is 11.6 Å². The predicted octanol–water partition coefficient (Wildman–Crippen LogP) is 2.61. The van der Waals surface area contributed by atoms with Crippen molar-refractivity contribution in [3.8, 4) is 0 Å². The van der Waals surface area contributed by atoms with Crippen LogP contribution in [0.4, 0.5) is 5.69 Å². The summed E-state index contributed by atoms with van der Waals surface area (Å²) in [5, 5.41) is 5.24. The zero-order chi connectivity index (χ0) is 12.5. The Morgan fingerprint density at radius 2 is 2.00 bits per heavy atom. The fourth-order valence-corrected chi connectivity index (χ4v) is 2.77. The van der Waals surface area contributed by atoms with Crippen LogP contribution in [0.1, 0.15) is 5.56 Å². The number of nitrogens with one attached hydrogen (secondary N) is 1. The van der Waals surface area contributed by atoms with E-state index >= 15 is 0 Å². The van der Waals surface area contributed by atoms with Gasteiger partial charge in [0.05, 0.1) is 10.5 Å². The first-order valence-corrected chi connectivity index (χ1v) is 6.64. The molecule has 1 aliphatic rings. The molecular weight excluding hydrogens is 246 g/mol. The Kier molecular flexibility index (Phi) is 3.10. The van der Waals surface area contributed by atoms with Gasteiger partial charge in [-0.1, -0.05) is 17.7 Å². The number of pyridine rings is 1. The molecule has 3 rings (SSSR count). The number of benzene rings is 1. The van der Waals surface area contributed by atoms with E-state index in [9.17, 15) is 0 Å². The lowest BCUT2D eigenvalue weighted by Gasteiger charge is -2.30. The molecule has 0 unspecified atom stereocenters. The lowest BCUT2D eigenvalue weighted by atomic mass is 10.1. The van der Waals surface area contributed by atoms with Gasteiger partial charge >= 0.3 is 0 Å². The minimum absolute atomic E-state index is 0.789. The predicted molar refractivity (Wildman–Crippen MR) is 76.6 cm³/mol. The molecule has 1 fully saturated rings. The van der Waals surface area contributed by atoms with E-state index in [1.54, 1.807) is 0 Å². The normalized spacial score (nSPS) is 16.2. The van der Waals surface area contributed by atoms with Gasteiger partial charge in [-0.2, -0.15) is 0 Å². The average molecular weight is 262 g/mol. The quantitative estimate of drug-likeness (QED) is 0.855. The van der Waals surface area contributed by atoms with Crippen LogP contribution in [0.5, 0.6) is 0 Å². The number of nitrogens with zero attached hydrogens (tertiary/aromatic N) is 2. The van der Waals surface area contributed by atoms with E-state index in [-0.39, 0.29) is 0 Å². The first kappa shape index (κ1) is 11.8. The Bertz CT molecular complexity index is 577. The largest absolute Gasteiger partial charge is 0.368 e. The number of aryl methyl sites for hydroxylation is 1. The van der Waals surface area contributed by atoms with E-state index in [1.165, 1.54) is 11.3 Å². The van der Waals surface area contributed by atoms with Crippen molar-refractivity contribution in [3.05, 3.63) is 35.0 Å². The second-order valence-electron chi connectivity index (χ2n) is 4.66. The maximum atomic E-state index is 6.37. The van der Waals surface area contributed by atoms with Crippen molar-refractivity contribution >= 4 is 28.2 Å². The molecule has 1 N–H and O–H groups in total. The van der Waals surface area contributed by atoms with Gasteiger partial charge in [0.25, 0.3) is 0 Å². The topological polar surface area (TPSA) is 28.2 Å². The monoisotopic (exact) mass is 261 g/mol. The van der Waals surface area contributed by atoms with Gasteiger partial charge in [-0.3, -0.25) is 4.98 Å². The molecule has 4 heteroatoms. The lowest BCUT2D eigenvalue weighted by Crippen LogP contribution is -2.43. The molecule has 0 atom stereocenters. The average Bonchev–Trinajstić information content (AvgIpc) is 2.43. The summed E-state index contributed by atoms with van der Waals surface area (Å²) in [6, 6.07) is 6.06. The number of piperazine rings is 1. The summed E-state index contributed by atoms with van der Waals surface area (Å²) in [4.78, 5) is 6.85. The minimum Gasteiger partial charge on any atom is -0.368 e. The van der Waals surface area contributed by atoms with Crippen molar-refractivity contribution < 1.29 is 0 Å². The fraction of sp³-hybridized carbons (Fsp3) is 0.357. The maximum Gasteiger partial charge on any atom is 0.0766 e. The second kappa shape index (κ2) is 4.75. The maximum absolute atomic E-state index is 6.37. The summed E-state index contributed by atoms with van der Waals surface area (Å²) in [6.07, 6.45) is 1.88. The van der Waals surface area contributed by atoms with Crippen LogP contribution in [0.25, 0.3) is 10.9 Å². The van der Waals surface area contributed by atoms with E-state index in [0.717, 1.165) is 42.1 Å². The Morgan fingerprint density at radius 1 is 1.22 bits per heavy atom. The lowest BCUT2D eigenvalue weighted by molar-refractivity contribution is 0.590. The molecule has 18 heavy (non-hydrogen) atoms. The SMILES string of the molecule is Cc1ccc(Cl)c2c(N3CCNCC3)ccnc12. The van der Waals surface area contributed by atoms with Crippen molar-refractivity contribution in [1.82, 2.24) is 10.3 Å². The highest BCUT2D eigenvalue weighted by Crippen LogP contribution is 2.33. The van der Waals surface area contributed by atoms with Crippen molar-refractivity contribution in [2.75, 3.05) is 31.1 Å². The number of anilines is 1. The van der Waals surface area contributed by atoms with E-state index in [2.05, 4.69) is 28.2 Å². The second-order valence-corrected chi connectivity index (χ2v) is 5.06. The zero-order valence-corrected chi connectivity index (χ0v) is 11.2. The summed E-state index contributed by atoms with van der Waals surface area (Å²) in [6.45, 7) is 6.15. The van der Waals surface area contributed by atoms with Crippen LogP contribution in [0.2, 0.25) is 5.02 Å². The van der Waals surface area contributed by atoms with Crippen LogP contribution in [0, 0.1) is 6.92 Å². The molecule has 1 aromatic carbocycles. The summed E-state index contributed by atoms with van der Waals surface area (Å²) >= 11 is 6.37. The summed E-state index contributed by atoms with van der Waals surface area (Å²) < 4.78 is 0. The Hall–Kier alpha value is -1.32. The molecule has 3 nitrogen and oxygen atoms in total. The smallest absolute Gasteiger partial charge is 0.0766 e. The summed E-state index contributed by atoms with van der Waals surface area (Å²) in [5.74, 6) is 0. The Morgan fingerprint density at radius 3 is 2.78 bits per heavy atom. The third-order valence-electron chi connectivity index (χ3n) is 3.48. The molecule has 0 radical (unpaired) electrons. The van der Waals surface area contributed by atoms with Crippen molar-refractivity contribution in [2.24, 2.45) is 0 Å². The number of halogens is 1. The Balaban J connectivity index is 2.19. The molecule has 94 valence electrons. The van der Waals surface area contributed by atoms with Gasteiger partial charge in [-0.25, -0.2) is 0 Å². The highest BCUT2D eigenvalue weighted by atomic mass is 35.5. The van der Waals surface area contributed by atoms with Crippen molar-refractivity contribution in [2.45, 2.75) is 6.92 Å². The highest BCUT2D eigenvalue weighted by molar-refractivity contribution is 6.36. The van der Waals surface area contributed by atoms with Crippen molar-refractivity contribution in [3.63, 3.8) is 0 Å². The van der Waals surface area contributed by atoms with Crippen LogP contribution in [0.3, 0.4) is 0 Å². The molecular formula is C14H16ClN3. The number of hydrogen-bond donors (Lipinski definition) is 1. The van der Waals surface area contributed by atoms with Gasteiger partial charge < -0.3 is 10.2 Å². The first-order chi connectivity index (χ1) is 8.77. The van der Waals surface area contributed by atoms with E-state index < -0.39 is 0 Å². The third-order valence-corrected chi connectivity index (χ3v) is 3.79. The van der Waals surface area contributed by atoms with Gasteiger partial charge in [0, 0.05) is 43.4 Å². The van der Waals surface area contributed by atoms with Crippen LogP contribution >= 0.6 is 11.6 Å². The third kappa shape index (κ3) is 1.93. The van der Waals surface area contributed by atoms with Crippen LogP contribution < -0.4 is 10.2 Å². The molecule has 0 aliphatic carbocycles. The molecule has 1 saturated heterocycles. The molecule has 0 saturated carbocycles. The van der Waals surface area contributed by atoms with Gasteiger partial charge in [0.2, 0.25) is 0 Å². The molecule has 1 aromatic heterocycles. The van der Waals surface area contributed by atoms with Crippen molar-refractivity contribution in [1.29, 1.82) is 0 Å². The fourth-order valence-electron chi connectivity index (χ4n) is 2.52. The number of hydrogen-bond acceptors (Lipinski definition) is 3. The molecule has 0 spiro atoms. The van der Waals surface area contributed by atoms with Crippen LogP contribution in [-0.4, -0.2) is 31.2 Å². The van der Waals surface area contributed by atoms with Crippen LogP contribution in [-0.2, 0) is 0 Å². The van der Waals surface area contributed by atoms with E-state index in [1.807, 2.05) is 18.3 Å². The number of fused-ring (bicyclic) bond motifs is 1. The molecule has 1 aliphatic heterocycles. The molecule has 0 amide bonds. The van der Waals surface area contributed by atoms with Crippen LogP contribution in [0.15, 0.2) is 24.4 Å². The number of aromatic nitrogens is 1. The molecule has 2 heterocycles. The molecule has 0 bridgehead atoms. The Labute approximate surface area is 112 Å². The highest BCUT2D eigenvalue weighted by Gasteiger charge is 2.15. The zero-order valence-electron chi connectivity index (χ0n) is 10.4. The summed E-state index contributed by atoms with van der Waals surface area (Å²) in [7, 11) is 0. The van der Waals surface area contributed by atoms with Gasteiger partial charge in [-0.05, 0) is 24.6 Å². The van der Waals surface area contributed by atoms with Gasteiger partial charge in [0.1, 0.15) is 0 Å². The standard InChI is InChI=1S/C14H16ClN3/c1-10-2-3-11(15)13-12(4-5-17-14(10)13)18-8-6-16-7-9-18/h2-5,16H,6-9H2,1H3. The number of rotatable bonds is 1. The van der Waals surface area contributed by atoms with Gasteiger partial charge in [-0.15, -0.1) is 0 Å². The first-order valence-electron chi connectivity index (χ1n) is 6.27. The minimum atomic E-state index is 0.789. The molecule has 2 aromatic rings. The summed E-state index contributed by atoms with van der Waals surface area (Å²) in [5.41, 5.74) is 3.39.